The summed E-state index contributed by atoms with van der Waals surface area (Å²) in [6.45, 7) is 1.92. The summed E-state index contributed by atoms with van der Waals surface area (Å²) in [5.41, 5.74) is 2.53. The van der Waals surface area contributed by atoms with Crippen LogP contribution < -0.4 is 4.48 Å². The lowest BCUT2D eigenvalue weighted by molar-refractivity contribution is -0.118. The molecule has 16 heavy (non-hydrogen) atoms. The summed E-state index contributed by atoms with van der Waals surface area (Å²) >= 11 is 0. The first kappa shape index (κ1) is 12.9. The first-order valence-electron chi connectivity index (χ1n) is 5.86. The Labute approximate surface area is 98.5 Å². The number of hydrogen-bond acceptors (Lipinski definition) is 1. The average Bonchev–Trinajstić information content (AvgIpc) is 2.25. The Balaban J connectivity index is 2.62. The molecule has 0 aliphatic rings. The molecule has 2 heteroatoms. The highest BCUT2D eigenvalue weighted by Crippen LogP contribution is 2.17. The first-order chi connectivity index (χ1) is 7.43. The van der Waals surface area contributed by atoms with Crippen LogP contribution in [0.5, 0.6) is 0 Å². The maximum atomic E-state index is 11.2. The van der Waals surface area contributed by atoms with Gasteiger partial charge >= 0.3 is 0 Å². The molecule has 0 heterocycles. The molecule has 0 atom stereocenters. The van der Waals surface area contributed by atoms with E-state index in [1.54, 1.807) is 0 Å². The van der Waals surface area contributed by atoms with Gasteiger partial charge in [-0.05, 0) is 24.1 Å². The third-order valence-electron chi connectivity index (χ3n) is 2.80. The minimum Gasteiger partial charge on any atom is -0.300 e. The van der Waals surface area contributed by atoms with Gasteiger partial charge in [0.1, 0.15) is 11.5 Å². The van der Waals surface area contributed by atoms with Gasteiger partial charge in [-0.1, -0.05) is 19.1 Å². The van der Waals surface area contributed by atoms with Crippen LogP contribution in [0.3, 0.4) is 0 Å². The Morgan fingerprint density at radius 1 is 1.12 bits per heavy atom. The number of aryl methyl sites for hydroxylation is 1. The topological polar surface area (TPSA) is 17.1 Å². The fourth-order valence-corrected chi connectivity index (χ4v) is 1.57. The van der Waals surface area contributed by atoms with E-state index < -0.39 is 0 Å². The summed E-state index contributed by atoms with van der Waals surface area (Å²) in [5, 5.41) is 0. The molecule has 1 aromatic carbocycles. The summed E-state index contributed by atoms with van der Waals surface area (Å²) < 4.78 is 0.828. The lowest BCUT2D eigenvalue weighted by atomic mass is 10.1. The third kappa shape index (κ3) is 3.78. The zero-order valence-electron chi connectivity index (χ0n) is 10.8. The summed E-state index contributed by atoms with van der Waals surface area (Å²) in [7, 11) is 6.45. The smallest absolute Gasteiger partial charge is 0.132 e. The van der Waals surface area contributed by atoms with Crippen LogP contribution in [0.25, 0.3) is 0 Å². The van der Waals surface area contributed by atoms with Crippen LogP contribution >= 0.6 is 0 Å². The van der Waals surface area contributed by atoms with Crippen LogP contribution in [0.1, 0.15) is 25.3 Å². The molecular weight excluding hydrogens is 198 g/mol. The van der Waals surface area contributed by atoms with Gasteiger partial charge in [0.05, 0.1) is 21.1 Å². The van der Waals surface area contributed by atoms with Crippen LogP contribution in [0.2, 0.25) is 0 Å². The second-order valence-electron chi connectivity index (χ2n) is 5.07. The van der Waals surface area contributed by atoms with E-state index in [1.165, 1.54) is 11.3 Å². The molecule has 0 N–H and O–H groups in total. The number of nitrogens with zero attached hydrogens (tertiary/aromatic N) is 1. The molecule has 0 aliphatic carbocycles. The van der Waals surface area contributed by atoms with Crippen LogP contribution in [0, 0.1) is 0 Å². The van der Waals surface area contributed by atoms with Crippen molar-refractivity contribution < 1.29 is 4.79 Å². The number of ketones is 1. The Kier molecular flexibility index (Phi) is 4.25. The Bertz CT molecular complexity index is 346. The molecule has 0 saturated heterocycles. The Hall–Kier alpha value is -1.15. The minimum absolute atomic E-state index is 0.343. The lowest BCUT2D eigenvalue weighted by Crippen LogP contribution is -2.34. The van der Waals surface area contributed by atoms with Gasteiger partial charge in [0.25, 0.3) is 0 Å². The molecule has 0 radical (unpaired) electrons. The highest BCUT2D eigenvalue weighted by molar-refractivity contribution is 5.78. The van der Waals surface area contributed by atoms with Crippen molar-refractivity contribution in [2.75, 3.05) is 21.1 Å². The number of hydrogen-bond donors (Lipinski definition) is 0. The van der Waals surface area contributed by atoms with Crippen molar-refractivity contribution in [1.82, 2.24) is 4.48 Å². The standard InChI is InChI=1S/C14H22NO/c1-5-14(16)11-8-12-6-9-13(10-7-12)15(2,3)4/h6-7,9-10H,5,8,11H2,1-4H3/q+1. The van der Waals surface area contributed by atoms with E-state index in [0.717, 1.165) is 10.9 Å². The quantitative estimate of drug-likeness (QED) is 0.697. The van der Waals surface area contributed by atoms with Gasteiger partial charge in [-0.25, -0.2) is 0 Å². The maximum Gasteiger partial charge on any atom is 0.132 e. The molecule has 0 aliphatic heterocycles. The SMILES string of the molecule is CCC(=O)CCc1ccc([N+](C)(C)C)cc1. The fraction of sp³-hybridized carbons (Fsp3) is 0.500. The van der Waals surface area contributed by atoms with Crippen molar-refractivity contribution in [2.45, 2.75) is 26.2 Å². The summed E-state index contributed by atoms with van der Waals surface area (Å²) in [6.07, 6.45) is 2.18. The first-order valence-corrected chi connectivity index (χ1v) is 5.86. The second-order valence-corrected chi connectivity index (χ2v) is 5.07. The summed E-state index contributed by atoms with van der Waals surface area (Å²) in [4.78, 5) is 11.2. The van der Waals surface area contributed by atoms with Gasteiger partial charge < -0.3 is 0 Å². The number of carbonyl (C=O) groups excluding carboxylic acids is 1. The highest BCUT2D eigenvalue weighted by atomic mass is 16.1. The predicted molar refractivity (Wildman–Crippen MR) is 69.6 cm³/mol. The molecule has 1 aromatic rings. The number of quaternary nitrogens is 1. The molecule has 88 valence electrons. The Morgan fingerprint density at radius 3 is 2.12 bits per heavy atom. The summed E-state index contributed by atoms with van der Waals surface area (Å²) in [6, 6.07) is 8.54. The molecule has 0 bridgehead atoms. The zero-order chi connectivity index (χ0) is 12.2. The van der Waals surface area contributed by atoms with Gasteiger partial charge in [-0.2, -0.15) is 0 Å². The zero-order valence-corrected chi connectivity index (χ0v) is 10.8. The van der Waals surface area contributed by atoms with E-state index in [2.05, 4.69) is 45.4 Å². The monoisotopic (exact) mass is 220 g/mol. The van der Waals surface area contributed by atoms with E-state index in [-0.39, 0.29) is 0 Å². The van der Waals surface area contributed by atoms with Gasteiger partial charge in [-0.3, -0.25) is 9.28 Å². The number of rotatable bonds is 5. The average molecular weight is 220 g/mol. The molecule has 1 rings (SSSR count). The van der Waals surface area contributed by atoms with Gasteiger partial charge in [-0.15, -0.1) is 0 Å². The second kappa shape index (κ2) is 5.26. The van der Waals surface area contributed by atoms with Crippen molar-refractivity contribution >= 4 is 11.5 Å². The van der Waals surface area contributed by atoms with Crippen LogP contribution in [-0.2, 0) is 11.2 Å². The maximum absolute atomic E-state index is 11.2. The van der Waals surface area contributed by atoms with Crippen molar-refractivity contribution in [3.63, 3.8) is 0 Å². The molecule has 0 aromatic heterocycles. The largest absolute Gasteiger partial charge is 0.300 e. The van der Waals surface area contributed by atoms with Gasteiger partial charge in [0.15, 0.2) is 0 Å². The van der Waals surface area contributed by atoms with Crippen molar-refractivity contribution in [1.29, 1.82) is 0 Å². The van der Waals surface area contributed by atoms with Gasteiger partial charge in [0.2, 0.25) is 0 Å². The van der Waals surface area contributed by atoms with E-state index in [9.17, 15) is 4.79 Å². The minimum atomic E-state index is 0.343. The normalized spacial score (nSPS) is 11.5. The third-order valence-corrected chi connectivity index (χ3v) is 2.80. The predicted octanol–water partition coefficient (Wildman–Crippen LogP) is 2.80. The molecule has 0 amide bonds. The molecule has 2 nitrogen and oxygen atoms in total. The number of carbonyl (C=O) groups is 1. The fourth-order valence-electron chi connectivity index (χ4n) is 1.57. The molecule has 0 spiro atoms. The van der Waals surface area contributed by atoms with Crippen molar-refractivity contribution in [3.05, 3.63) is 29.8 Å². The number of Topliss-reactive ketones (excluding diaryl/α,β-unsaturated/α-hetero) is 1. The van der Waals surface area contributed by atoms with Crippen molar-refractivity contribution in [2.24, 2.45) is 0 Å². The summed E-state index contributed by atoms with van der Waals surface area (Å²) in [5.74, 6) is 0.343. The van der Waals surface area contributed by atoms with E-state index in [4.69, 9.17) is 0 Å². The van der Waals surface area contributed by atoms with Crippen LogP contribution in [0.4, 0.5) is 5.69 Å². The van der Waals surface area contributed by atoms with E-state index in [0.29, 0.717) is 18.6 Å². The van der Waals surface area contributed by atoms with Crippen molar-refractivity contribution in [3.8, 4) is 0 Å². The molecule has 0 fully saturated rings. The number of benzene rings is 1. The van der Waals surface area contributed by atoms with E-state index in [1.807, 2.05) is 6.92 Å². The van der Waals surface area contributed by atoms with Crippen LogP contribution in [0.15, 0.2) is 24.3 Å². The van der Waals surface area contributed by atoms with Crippen LogP contribution in [-0.4, -0.2) is 26.9 Å². The highest BCUT2D eigenvalue weighted by Gasteiger charge is 2.11. The van der Waals surface area contributed by atoms with Gasteiger partial charge in [0, 0.05) is 12.8 Å². The lowest BCUT2D eigenvalue weighted by Gasteiger charge is -2.23. The van der Waals surface area contributed by atoms with E-state index >= 15 is 0 Å². The molecular formula is C14H22NO+. The molecule has 0 saturated carbocycles. The Morgan fingerprint density at radius 2 is 1.69 bits per heavy atom. The molecule has 0 unspecified atom stereocenters.